The second kappa shape index (κ2) is 7.41. The van der Waals surface area contributed by atoms with Gasteiger partial charge in [0.25, 0.3) is 0 Å². The molecule has 144 valence electrons. The van der Waals surface area contributed by atoms with Gasteiger partial charge in [-0.15, -0.1) is 0 Å². The van der Waals surface area contributed by atoms with Crippen LogP contribution >= 0.6 is 23.2 Å². The summed E-state index contributed by atoms with van der Waals surface area (Å²) in [7, 11) is 0. The number of carbonyl (C=O) groups excluding carboxylic acids is 1. The van der Waals surface area contributed by atoms with Gasteiger partial charge in [-0.3, -0.25) is 4.79 Å². The lowest BCUT2D eigenvalue weighted by Gasteiger charge is -2.39. The number of hydrogen-bond donors (Lipinski definition) is 1. The standard InChI is InChI=1S/C19H18Cl2N6O/c1-11-5-12(2)27(25-11)18-7-17(22-10-23-18)26-8-13(9-26)19(28)24-16-4-3-14(20)6-15(16)21/h3-7,10,13H,8-9H2,1-2H3,(H,24,28). The van der Waals surface area contributed by atoms with Crippen LogP contribution in [-0.4, -0.2) is 38.7 Å². The molecule has 1 aliphatic rings. The smallest absolute Gasteiger partial charge is 0.231 e. The Hall–Kier alpha value is -2.64. The van der Waals surface area contributed by atoms with Crippen LogP contribution in [0.15, 0.2) is 36.7 Å². The van der Waals surface area contributed by atoms with Crippen LogP contribution in [0.2, 0.25) is 10.0 Å². The minimum atomic E-state index is -0.140. The molecule has 28 heavy (non-hydrogen) atoms. The van der Waals surface area contributed by atoms with Crippen molar-refractivity contribution in [3.8, 4) is 5.82 Å². The fraction of sp³-hybridized carbons (Fsp3) is 0.263. The van der Waals surface area contributed by atoms with E-state index in [0.29, 0.717) is 34.6 Å². The van der Waals surface area contributed by atoms with Crippen LogP contribution in [0.4, 0.5) is 11.5 Å². The number of aromatic nitrogens is 4. The molecule has 4 rings (SSSR count). The average molecular weight is 417 g/mol. The number of halogens is 2. The third-order valence-corrected chi connectivity index (χ3v) is 5.18. The molecule has 3 aromatic rings. The van der Waals surface area contributed by atoms with Crippen molar-refractivity contribution in [1.29, 1.82) is 0 Å². The zero-order valence-electron chi connectivity index (χ0n) is 15.4. The van der Waals surface area contributed by atoms with Gasteiger partial charge in [0.05, 0.1) is 22.3 Å². The molecule has 0 aliphatic carbocycles. The van der Waals surface area contributed by atoms with Gasteiger partial charge in [0.2, 0.25) is 5.91 Å². The summed E-state index contributed by atoms with van der Waals surface area (Å²) in [5, 5.41) is 8.25. The summed E-state index contributed by atoms with van der Waals surface area (Å²) in [6.45, 7) is 5.07. The number of carbonyl (C=O) groups is 1. The monoisotopic (exact) mass is 416 g/mol. The van der Waals surface area contributed by atoms with Gasteiger partial charge in [0.1, 0.15) is 12.1 Å². The molecule has 1 amide bonds. The third kappa shape index (κ3) is 3.68. The molecule has 0 spiro atoms. The molecule has 0 radical (unpaired) electrons. The maximum Gasteiger partial charge on any atom is 0.231 e. The molecule has 1 saturated heterocycles. The van der Waals surface area contributed by atoms with Crippen molar-refractivity contribution in [2.75, 3.05) is 23.3 Å². The molecule has 3 heterocycles. The van der Waals surface area contributed by atoms with Crippen molar-refractivity contribution in [3.63, 3.8) is 0 Å². The van der Waals surface area contributed by atoms with Crippen molar-refractivity contribution >= 4 is 40.6 Å². The normalized spacial score (nSPS) is 14.1. The number of nitrogens with one attached hydrogen (secondary N) is 1. The van der Waals surface area contributed by atoms with Crippen LogP contribution in [0, 0.1) is 19.8 Å². The number of benzene rings is 1. The molecule has 2 aromatic heterocycles. The quantitative estimate of drug-likeness (QED) is 0.701. The van der Waals surface area contributed by atoms with Gasteiger partial charge < -0.3 is 10.2 Å². The first-order valence-electron chi connectivity index (χ1n) is 8.77. The van der Waals surface area contributed by atoms with Crippen molar-refractivity contribution in [3.05, 3.63) is 58.1 Å². The highest BCUT2D eigenvalue weighted by Gasteiger charge is 2.34. The summed E-state index contributed by atoms with van der Waals surface area (Å²) in [5.74, 6) is 1.26. The topological polar surface area (TPSA) is 75.9 Å². The summed E-state index contributed by atoms with van der Waals surface area (Å²) in [6, 6.07) is 8.87. The van der Waals surface area contributed by atoms with Crippen LogP contribution in [-0.2, 0) is 4.79 Å². The first-order chi connectivity index (χ1) is 13.4. The fourth-order valence-electron chi connectivity index (χ4n) is 3.14. The molecule has 1 fully saturated rings. The molecule has 1 N–H and O–H groups in total. The van der Waals surface area contributed by atoms with E-state index in [1.807, 2.05) is 30.9 Å². The van der Waals surface area contributed by atoms with Crippen LogP contribution < -0.4 is 10.2 Å². The molecule has 1 aromatic carbocycles. The van der Waals surface area contributed by atoms with E-state index in [0.717, 1.165) is 17.2 Å². The maximum atomic E-state index is 12.5. The van der Waals surface area contributed by atoms with E-state index in [4.69, 9.17) is 23.2 Å². The molecule has 1 aliphatic heterocycles. The van der Waals surface area contributed by atoms with E-state index in [2.05, 4.69) is 20.4 Å². The van der Waals surface area contributed by atoms with Gasteiger partial charge >= 0.3 is 0 Å². The number of nitrogens with zero attached hydrogens (tertiary/aromatic N) is 5. The minimum Gasteiger partial charge on any atom is -0.355 e. The fourth-order valence-corrected chi connectivity index (χ4v) is 3.60. The zero-order valence-corrected chi connectivity index (χ0v) is 16.9. The minimum absolute atomic E-state index is 0.0757. The Morgan fingerprint density at radius 1 is 1.11 bits per heavy atom. The summed E-state index contributed by atoms with van der Waals surface area (Å²) in [4.78, 5) is 23.1. The van der Waals surface area contributed by atoms with E-state index in [9.17, 15) is 4.79 Å². The summed E-state index contributed by atoms with van der Waals surface area (Å²) < 4.78 is 1.78. The number of rotatable bonds is 4. The number of amides is 1. The largest absolute Gasteiger partial charge is 0.355 e. The molecule has 7 nitrogen and oxygen atoms in total. The second-order valence-corrected chi connectivity index (χ2v) is 7.63. The van der Waals surface area contributed by atoms with Gasteiger partial charge in [-0.05, 0) is 38.1 Å². The van der Waals surface area contributed by atoms with Crippen molar-refractivity contribution in [2.45, 2.75) is 13.8 Å². The molecule has 0 saturated carbocycles. The Kier molecular flexibility index (Phi) is 4.95. The van der Waals surface area contributed by atoms with Crippen molar-refractivity contribution < 1.29 is 4.79 Å². The molecule has 0 bridgehead atoms. The molecule has 0 unspecified atom stereocenters. The predicted molar refractivity (Wildman–Crippen MR) is 109 cm³/mol. The Morgan fingerprint density at radius 2 is 1.86 bits per heavy atom. The number of hydrogen-bond acceptors (Lipinski definition) is 5. The van der Waals surface area contributed by atoms with Crippen LogP contribution in [0.1, 0.15) is 11.4 Å². The van der Waals surface area contributed by atoms with E-state index >= 15 is 0 Å². The van der Waals surface area contributed by atoms with Crippen molar-refractivity contribution in [2.24, 2.45) is 5.92 Å². The Labute approximate surface area is 172 Å². The Bertz CT molecular complexity index is 1040. The molecular weight excluding hydrogens is 399 g/mol. The third-order valence-electron chi connectivity index (χ3n) is 4.63. The van der Waals surface area contributed by atoms with Gasteiger partial charge in [-0.25, -0.2) is 14.6 Å². The Morgan fingerprint density at radius 3 is 2.54 bits per heavy atom. The number of anilines is 2. The average Bonchev–Trinajstić information content (AvgIpc) is 2.95. The summed E-state index contributed by atoms with van der Waals surface area (Å²) in [6.07, 6.45) is 1.52. The Balaban J connectivity index is 1.42. The van der Waals surface area contributed by atoms with Crippen LogP contribution in [0.5, 0.6) is 0 Å². The lowest BCUT2D eigenvalue weighted by atomic mass is 9.99. The van der Waals surface area contributed by atoms with Gasteiger partial charge in [-0.1, -0.05) is 23.2 Å². The highest BCUT2D eigenvalue weighted by atomic mass is 35.5. The highest BCUT2D eigenvalue weighted by molar-refractivity contribution is 6.36. The lowest BCUT2D eigenvalue weighted by Crippen LogP contribution is -2.52. The first-order valence-corrected chi connectivity index (χ1v) is 9.53. The van der Waals surface area contributed by atoms with Crippen molar-refractivity contribution in [1.82, 2.24) is 19.7 Å². The summed E-state index contributed by atoms with van der Waals surface area (Å²) >= 11 is 12.0. The van der Waals surface area contributed by atoms with Gasteiger partial charge in [-0.2, -0.15) is 5.10 Å². The van der Waals surface area contributed by atoms with Crippen LogP contribution in [0.3, 0.4) is 0 Å². The lowest BCUT2D eigenvalue weighted by molar-refractivity contribution is -0.120. The summed E-state index contributed by atoms with van der Waals surface area (Å²) in [5.41, 5.74) is 2.49. The van der Waals surface area contributed by atoms with Gasteiger partial charge in [0.15, 0.2) is 5.82 Å². The highest BCUT2D eigenvalue weighted by Crippen LogP contribution is 2.28. The molecule has 0 atom stereocenters. The molecule has 9 heteroatoms. The van der Waals surface area contributed by atoms with E-state index in [-0.39, 0.29) is 11.8 Å². The van der Waals surface area contributed by atoms with E-state index < -0.39 is 0 Å². The van der Waals surface area contributed by atoms with Crippen LogP contribution in [0.25, 0.3) is 5.82 Å². The molecular formula is C19H18Cl2N6O. The number of aryl methyl sites for hydroxylation is 2. The second-order valence-electron chi connectivity index (χ2n) is 6.79. The maximum absolute atomic E-state index is 12.5. The van der Waals surface area contributed by atoms with Gasteiger partial charge in [0, 0.05) is 29.9 Å². The SMILES string of the molecule is Cc1cc(C)n(-c2cc(N3CC(C(=O)Nc4ccc(Cl)cc4Cl)C3)ncn2)n1. The predicted octanol–water partition coefficient (Wildman–Crippen LogP) is 3.66. The first kappa shape index (κ1) is 18.7. The van der Waals surface area contributed by atoms with E-state index in [1.165, 1.54) is 6.33 Å². The zero-order chi connectivity index (χ0) is 19.8. The van der Waals surface area contributed by atoms with E-state index in [1.54, 1.807) is 22.9 Å².